The van der Waals surface area contributed by atoms with Gasteiger partial charge in [-0.1, -0.05) is 18.2 Å². The number of aliphatic imine (C=N–C) groups is 3. The van der Waals surface area contributed by atoms with E-state index in [2.05, 4.69) is 135 Å². The van der Waals surface area contributed by atoms with Crippen LogP contribution in [0.1, 0.15) is 50.5 Å². The average Bonchev–Trinajstić information content (AvgIpc) is 4.29. The maximum absolute atomic E-state index is 5.45. The second-order valence-electron chi connectivity index (χ2n) is 17.2. The largest absolute Gasteiger partial charge is 0.378 e. The maximum Gasteiger partial charge on any atom is 0.116 e. The van der Waals surface area contributed by atoms with Gasteiger partial charge in [-0.2, -0.15) is 0 Å². The van der Waals surface area contributed by atoms with E-state index in [9.17, 15) is 0 Å². The third-order valence-electron chi connectivity index (χ3n) is 12.8. The summed E-state index contributed by atoms with van der Waals surface area (Å²) in [5, 5.41) is 0. The summed E-state index contributed by atoms with van der Waals surface area (Å²) >= 11 is 0. The first-order chi connectivity index (χ1) is 33.9. The standard InChI is InChI=1S/3C18H18N4O/c1-21-13-19-12-16(21)3-5-18-17-4-2-15(10-14(17)11-20-18)22-6-8-23-9-7-22;1-21-13-19-12-16(21)4-5-18-17-10-15(3-2-14(17)11-20-18)22-6-8-23-9-7-22;1-21-13-19-11-14(21)5-6-17-15-3-2-4-18(16(15)12-20-17)22-7-9-23-10-8-22/h2,4,10,12-13H,6-9,11H2,1H3;2-3,10,12-13H,6-9,11H2,1H3;2-4,11,13H,7-10,12H2,1H3. The topological polar surface area (TPSA) is 128 Å². The van der Waals surface area contributed by atoms with E-state index in [-0.39, 0.29) is 0 Å². The van der Waals surface area contributed by atoms with Crippen LogP contribution >= 0.6 is 0 Å². The monoisotopic (exact) mass is 918 g/mol. The number of rotatable bonds is 3. The number of nitrogens with zero attached hydrogens (tertiary/aromatic N) is 12. The number of fused-ring (bicyclic) bond motifs is 3. The lowest BCUT2D eigenvalue weighted by atomic mass is 10.0. The number of hydrogen-bond acceptors (Lipinski definition) is 12. The Morgan fingerprint density at radius 3 is 1.43 bits per heavy atom. The highest BCUT2D eigenvalue weighted by Crippen LogP contribution is 2.31. The Morgan fingerprint density at radius 1 is 0.435 bits per heavy atom. The van der Waals surface area contributed by atoms with Crippen LogP contribution in [0.5, 0.6) is 0 Å². The van der Waals surface area contributed by atoms with E-state index in [0.29, 0.717) is 19.6 Å². The molecule has 0 aliphatic carbocycles. The summed E-state index contributed by atoms with van der Waals surface area (Å²) in [5.41, 5.74) is 16.3. The van der Waals surface area contributed by atoms with E-state index in [1.165, 1.54) is 33.8 Å². The summed E-state index contributed by atoms with van der Waals surface area (Å²) in [5.74, 6) is 19.1. The normalized spacial score (nSPS) is 16.6. The first-order valence-corrected chi connectivity index (χ1v) is 23.4. The van der Waals surface area contributed by atoms with E-state index in [1.54, 1.807) is 37.6 Å². The highest BCUT2D eigenvalue weighted by molar-refractivity contribution is 6.17. The molecule has 69 heavy (non-hydrogen) atoms. The van der Waals surface area contributed by atoms with Gasteiger partial charge in [0.1, 0.15) is 34.2 Å². The van der Waals surface area contributed by atoms with Gasteiger partial charge in [-0.15, -0.1) is 0 Å². The molecule has 12 rings (SSSR count). The Bertz CT molecular complexity index is 3060. The van der Waals surface area contributed by atoms with Gasteiger partial charge in [-0.25, -0.2) is 15.0 Å². The molecule has 3 aromatic heterocycles. The number of hydrogen-bond donors (Lipinski definition) is 0. The second-order valence-corrected chi connectivity index (χ2v) is 17.2. The number of ether oxygens (including phenoxy) is 3. The second kappa shape index (κ2) is 21.1. The molecule has 15 heteroatoms. The molecule has 0 saturated carbocycles. The summed E-state index contributed by atoms with van der Waals surface area (Å²) in [6, 6.07) is 19.5. The summed E-state index contributed by atoms with van der Waals surface area (Å²) in [4.78, 5) is 33.2. The molecule has 0 spiro atoms. The Morgan fingerprint density at radius 2 is 0.899 bits per heavy atom. The zero-order chi connectivity index (χ0) is 46.9. The Balaban J connectivity index is 0.000000120. The molecule has 3 saturated heterocycles. The predicted molar refractivity (Wildman–Crippen MR) is 269 cm³/mol. The van der Waals surface area contributed by atoms with Crippen LogP contribution in [0, 0.1) is 35.5 Å². The molecule has 0 bridgehead atoms. The van der Waals surface area contributed by atoms with Gasteiger partial charge in [-0.3, -0.25) is 15.0 Å². The van der Waals surface area contributed by atoms with Crippen molar-refractivity contribution in [1.29, 1.82) is 0 Å². The molecule has 9 heterocycles. The number of anilines is 3. The zero-order valence-corrected chi connectivity index (χ0v) is 39.4. The lowest BCUT2D eigenvalue weighted by Crippen LogP contribution is -2.36. The van der Waals surface area contributed by atoms with Crippen molar-refractivity contribution < 1.29 is 14.2 Å². The SMILES string of the molecule is Cn1cncc1C#CC1=NCc2c1cccc2N1CCOCC1.Cn1cncc1C#CC1=NCc2cc(N3CCOCC3)ccc21.Cn1cncc1C#CC1=NCc2ccc(N3CCOCC3)cc21. The Labute approximate surface area is 403 Å². The van der Waals surface area contributed by atoms with Gasteiger partial charge in [0.05, 0.1) is 96.8 Å². The van der Waals surface area contributed by atoms with Crippen LogP contribution in [0.2, 0.25) is 0 Å². The minimum absolute atomic E-state index is 0.707. The smallest absolute Gasteiger partial charge is 0.116 e. The molecular weight excluding hydrogens is 865 g/mol. The van der Waals surface area contributed by atoms with E-state index in [1.807, 2.05) is 34.8 Å². The maximum atomic E-state index is 5.45. The van der Waals surface area contributed by atoms with Crippen molar-refractivity contribution in [3.8, 4) is 35.5 Å². The van der Waals surface area contributed by atoms with Crippen LogP contribution in [0.15, 0.2) is 107 Å². The van der Waals surface area contributed by atoms with Crippen LogP contribution in [-0.4, -0.2) is 125 Å². The summed E-state index contributed by atoms with van der Waals surface area (Å²) in [6.45, 7) is 12.5. The highest BCUT2D eigenvalue weighted by atomic mass is 16.5. The molecule has 15 nitrogen and oxygen atoms in total. The quantitative estimate of drug-likeness (QED) is 0.230. The molecular formula is C54H54N12O3. The van der Waals surface area contributed by atoms with Gasteiger partial charge < -0.3 is 42.6 Å². The van der Waals surface area contributed by atoms with Gasteiger partial charge in [0.25, 0.3) is 0 Å². The van der Waals surface area contributed by atoms with Crippen molar-refractivity contribution in [1.82, 2.24) is 28.7 Å². The molecule has 6 aliphatic rings. The van der Waals surface area contributed by atoms with E-state index >= 15 is 0 Å². The van der Waals surface area contributed by atoms with E-state index in [0.717, 1.165) is 130 Å². The molecule has 0 N–H and O–H groups in total. The molecule has 348 valence electrons. The molecule has 0 unspecified atom stereocenters. The number of benzene rings is 3. The van der Waals surface area contributed by atoms with Gasteiger partial charge in [0.15, 0.2) is 0 Å². The zero-order valence-electron chi connectivity index (χ0n) is 39.4. The van der Waals surface area contributed by atoms with Crippen molar-refractivity contribution >= 4 is 34.2 Å². The molecule has 0 atom stereocenters. The lowest BCUT2D eigenvalue weighted by molar-refractivity contribution is 0.122. The fourth-order valence-corrected chi connectivity index (χ4v) is 8.83. The fraction of sp³-hybridized carbons (Fsp3) is 0.333. The third-order valence-corrected chi connectivity index (χ3v) is 12.8. The summed E-state index contributed by atoms with van der Waals surface area (Å²) in [6.07, 6.45) is 10.6. The van der Waals surface area contributed by atoms with Gasteiger partial charge in [0, 0.05) is 99.7 Å². The number of morpholine rings is 3. The molecule has 0 amide bonds. The predicted octanol–water partition coefficient (Wildman–Crippen LogP) is 4.83. The Hall–Kier alpha value is -7.74. The third kappa shape index (κ3) is 10.4. The van der Waals surface area contributed by atoms with Gasteiger partial charge in [-0.05, 0) is 83.0 Å². The molecule has 6 aliphatic heterocycles. The van der Waals surface area contributed by atoms with Gasteiger partial charge >= 0.3 is 0 Å². The number of imidazole rings is 3. The van der Waals surface area contributed by atoms with Crippen LogP contribution in [-0.2, 0) is 55.0 Å². The summed E-state index contributed by atoms with van der Waals surface area (Å²) < 4.78 is 22.0. The average molecular weight is 919 g/mol. The lowest BCUT2D eigenvalue weighted by Gasteiger charge is -2.30. The number of aryl methyl sites for hydroxylation is 3. The number of aromatic nitrogens is 6. The fourth-order valence-electron chi connectivity index (χ4n) is 8.83. The minimum atomic E-state index is 0.707. The van der Waals surface area contributed by atoms with Crippen LogP contribution in [0.25, 0.3) is 0 Å². The van der Waals surface area contributed by atoms with Crippen molar-refractivity contribution in [3.05, 3.63) is 143 Å². The van der Waals surface area contributed by atoms with Crippen molar-refractivity contribution in [2.45, 2.75) is 19.6 Å². The van der Waals surface area contributed by atoms with E-state index in [4.69, 9.17) is 14.2 Å². The minimum Gasteiger partial charge on any atom is -0.378 e. The van der Waals surface area contributed by atoms with Crippen LogP contribution in [0.3, 0.4) is 0 Å². The highest BCUT2D eigenvalue weighted by Gasteiger charge is 2.23. The summed E-state index contributed by atoms with van der Waals surface area (Å²) in [7, 11) is 5.83. The van der Waals surface area contributed by atoms with Crippen LogP contribution in [0.4, 0.5) is 17.1 Å². The van der Waals surface area contributed by atoms with E-state index < -0.39 is 0 Å². The molecule has 3 fully saturated rings. The first kappa shape index (κ1) is 45.1. The molecule has 0 radical (unpaired) electrons. The van der Waals surface area contributed by atoms with Crippen molar-refractivity contribution in [2.24, 2.45) is 36.1 Å². The van der Waals surface area contributed by atoms with Gasteiger partial charge in [0.2, 0.25) is 0 Å². The van der Waals surface area contributed by atoms with Crippen LogP contribution < -0.4 is 14.7 Å². The molecule has 6 aromatic rings. The first-order valence-electron chi connectivity index (χ1n) is 23.4. The van der Waals surface area contributed by atoms with Crippen molar-refractivity contribution in [2.75, 3.05) is 93.6 Å². The Kier molecular flexibility index (Phi) is 13.7. The van der Waals surface area contributed by atoms with Crippen molar-refractivity contribution in [3.63, 3.8) is 0 Å². The molecule has 3 aromatic carbocycles.